The Bertz CT molecular complexity index is 647. The molecule has 2 N–H and O–H groups in total. The van der Waals surface area contributed by atoms with Gasteiger partial charge in [-0.25, -0.2) is 0 Å². The number of ether oxygens (including phenoxy) is 2. The minimum Gasteiger partial charge on any atom is -0.491 e. The molecule has 2 aromatic rings. The molecule has 2 aromatic carbocycles. The van der Waals surface area contributed by atoms with E-state index in [1.54, 1.807) is 0 Å². The molecule has 2 atom stereocenters. The molecule has 0 aliphatic rings. The largest absolute Gasteiger partial charge is 0.491 e. The molecule has 28 heavy (non-hydrogen) atoms. The van der Waals surface area contributed by atoms with Crippen LogP contribution in [0.2, 0.25) is 0 Å². The van der Waals surface area contributed by atoms with E-state index in [9.17, 15) is 4.79 Å². The lowest BCUT2D eigenvalue weighted by Crippen LogP contribution is -2.22. The van der Waals surface area contributed by atoms with Crippen LogP contribution >= 0.6 is 0 Å². The Balaban J connectivity index is 1.86. The van der Waals surface area contributed by atoms with Crippen molar-refractivity contribution in [2.24, 2.45) is 11.8 Å². The number of benzene rings is 2. The fraction of sp³-hybridized carbons (Fsp3) is 0.435. The van der Waals surface area contributed by atoms with Gasteiger partial charge in [0.2, 0.25) is 0 Å². The quantitative estimate of drug-likeness (QED) is 0.586. The van der Waals surface area contributed by atoms with Crippen molar-refractivity contribution in [1.29, 1.82) is 0 Å². The van der Waals surface area contributed by atoms with Crippen molar-refractivity contribution in [1.82, 2.24) is 0 Å². The van der Waals surface area contributed by atoms with Crippen molar-refractivity contribution in [2.45, 2.75) is 26.7 Å². The molecule has 0 aliphatic heterocycles. The smallest absolute Gasteiger partial charge is 0.139 e. The summed E-state index contributed by atoms with van der Waals surface area (Å²) >= 11 is 0. The van der Waals surface area contributed by atoms with E-state index in [0.717, 1.165) is 22.6 Å². The molecule has 0 aromatic heterocycles. The normalized spacial score (nSPS) is 13.0. The van der Waals surface area contributed by atoms with Crippen molar-refractivity contribution in [3.63, 3.8) is 0 Å². The van der Waals surface area contributed by atoms with Gasteiger partial charge >= 0.3 is 0 Å². The maximum absolute atomic E-state index is 12.8. The molecular formula is C23H30O5. The van der Waals surface area contributed by atoms with Crippen LogP contribution in [0.5, 0.6) is 11.5 Å². The molecule has 2 rings (SSSR count). The van der Waals surface area contributed by atoms with Gasteiger partial charge in [-0.15, -0.1) is 0 Å². The number of aliphatic hydroxyl groups excluding tert-OH is 2. The number of carbonyl (C=O) groups is 1. The second-order valence-electron chi connectivity index (χ2n) is 7.04. The van der Waals surface area contributed by atoms with E-state index >= 15 is 0 Å². The number of aliphatic hydroxyl groups is 2. The summed E-state index contributed by atoms with van der Waals surface area (Å²) in [5.41, 5.74) is 2.18. The monoisotopic (exact) mass is 386 g/mol. The van der Waals surface area contributed by atoms with Gasteiger partial charge in [0, 0.05) is 11.8 Å². The summed E-state index contributed by atoms with van der Waals surface area (Å²) in [4.78, 5) is 12.8. The maximum atomic E-state index is 12.8. The first-order valence-electron chi connectivity index (χ1n) is 9.72. The summed E-state index contributed by atoms with van der Waals surface area (Å²) in [5.74, 6) is 1.56. The first-order valence-corrected chi connectivity index (χ1v) is 9.72. The van der Waals surface area contributed by atoms with E-state index in [1.807, 2.05) is 62.4 Å². The summed E-state index contributed by atoms with van der Waals surface area (Å²) in [6.45, 7) is 4.48. The Labute approximate surface area is 166 Å². The molecule has 0 radical (unpaired) electrons. The van der Waals surface area contributed by atoms with Gasteiger partial charge in [-0.3, -0.25) is 4.79 Å². The Morgan fingerprint density at radius 2 is 1.11 bits per heavy atom. The second kappa shape index (κ2) is 11.5. The second-order valence-corrected chi connectivity index (χ2v) is 7.04. The Hall–Kier alpha value is -2.37. The number of hydrogen-bond donors (Lipinski definition) is 2. The fourth-order valence-corrected chi connectivity index (χ4v) is 3.16. The fourth-order valence-electron chi connectivity index (χ4n) is 3.16. The first kappa shape index (κ1) is 21.9. The minimum absolute atomic E-state index is 0.0103. The zero-order valence-corrected chi connectivity index (χ0v) is 16.6. The summed E-state index contributed by atoms with van der Waals surface area (Å²) in [7, 11) is 0. The van der Waals surface area contributed by atoms with Crippen molar-refractivity contribution < 1.29 is 24.5 Å². The highest BCUT2D eigenvalue weighted by molar-refractivity contribution is 5.83. The lowest BCUT2D eigenvalue weighted by atomic mass is 9.87. The molecule has 152 valence electrons. The molecule has 0 bridgehead atoms. The highest BCUT2D eigenvalue weighted by Crippen LogP contribution is 2.20. The van der Waals surface area contributed by atoms with Crippen LogP contribution < -0.4 is 9.47 Å². The molecule has 0 heterocycles. The number of hydrogen-bond acceptors (Lipinski definition) is 5. The minimum atomic E-state index is -0.0635. The van der Waals surface area contributed by atoms with Crippen LogP contribution in [-0.2, 0) is 17.6 Å². The third-order valence-corrected chi connectivity index (χ3v) is 4.62. The van der Waals surface area contributed by atoms with Gasteiger partial charge in [-0.2, -0.15) is 0 Å². The van der Waals surface area contributed by atoms with Gasteiger partial charge in [0.25, 0.3) is 0 Å². The van der Waals surface area contributed by atoms with Crippen molar-refractivity contribution in [3.8, 4) is 11.5 Å². The van der Waals surface area contributed by atoms with Gasteiger partial charge in [0.1, 0.15) is 30.5 Å². The van der Waals surface area contributed by atoms with E-state index in [4.69, 9.17) is 19.7 Å². The summed E-state index contributed by atoms with van der Waals surface area (Å²) in [5, 5.41) is 17.6. The van der Waals surface area contributed by atoms with Crippen LogP contribution in [0, 0.1) is 11.8 Å². The Kier molecular flexibility index (Phi) is 8.98. The van der Waals surface area contributed by atoms with E-state index in [-0.39, 0.29) is 44.0 Å². The van der Waals surface area contributed by atoms with Crippen LogP contribution in [0.1, 0.15) is 25.0 Å². The van der Waals surface area contributed by atoms with E-state index < -0.39 is 0 Å². The molecule has 0 fully saturated rings. The van der Waals surface area contributed by atoms with Crippen LogP contribution in [0.4, 0.5) is 0 Å². The maximum Gasteiger partial charge on any atom is 0.139 e. The third kappa shape index (κ3) is 6.98. The molecule has 2 unspecified atom stereocenters. The van der Waals surface area contributed by atoms with Crippen molar-refractivity contribution in [2.75, 3.05) is 26.4 Å². The van der Waals surface area contributed by atoms with Gasteiger partial charge < -0.3 is 19.7 Å². The number of Topliss-reactive ketones (excluding diaryl/α,β-unsaturated/α-hetero) is 1. The lowest BCUT2D eigenvalue weighted by Gasteiger charge is -2.17. The summed E-state index contributed by atoms with van der Waals surface area (Å²) in [6, 6.07) is 15.3. The lowest BCUT2D eigenvalue weighted by molar-refractivity contribution is -0.125. The molecule has 0 aliphatic carbocycles. The van der Waals surface area contributed by atoms with Crippen LogP contribution in [0.3, 0.4) is 0 Å². The average Bonchev–Trinajstić information content (AvgIpc) is 2.72. The number of ketones is 1. The standard InChI is InChI=1S/C23H30O5/c1-17(15-19-3-7-21(8-4-19)27-13-11-24)23(26)18(2)16-20-5-9-22(10-6-20)28-14-12-25/h3-10,17-18,24-25H,11-16H2,1-2H3. The van der Waals surface area contributed by atoms with Gasteiger partial charge in [-0.05, 0) is 48.2 Å². The SMILES string of the molecule is CC(Cc1ccc(OCCO)cc1)C(=O)C(C)Cc1ccc(OCCO)cc1. The Morgan fingerprint density at radius 1 is 0.750 bits per heavy atom. The molecule has 0 amide bonds. The Morgan fingerprint density at radius 3 is 1.43 bits per heavy atom. The molecule has 0 saturated heterocycles. The predicted molar refractivity (Wildman–Crippen MR) is 109 cm³/mol. The van der Waals surface area contributed by atoms with E-state index in [1.165, 1.54) is 0 Å². The van der Waals surface area contributed by atoms with Crippen molar-refractivity contribution in [3.05, 3.63) is 59.7 Å². The third-order valence-electron chi connectivity index (χ3n) is 4.62. The zero-order chi connectivity index (χ0) is 20.4. The predicted octanol–water partition coefficient (Wildman–Crippen LogP) is 3.06. The van der Waals surface area contributed by atoms with Gasteiger partial charge in [0.15, 0.2) is 0 Å². The zero-order valence-electron chi connectivity index (χ0n) is 16.6. The highest BCUT2D eigenvalue weighted by atomic mass is 16.5. The van der Waals surface area contributed by atoms with E-state index in [0.29, 0.717) is 12.8 Å². The van der Waals surface area contributed by atoms with Gasteiger partial charge in [0.05, 0.1) is 13.2 Å². The topological polar surface area (TPSA) is 76.0 Å². The highest BCUT2D eigenvalue weighted by Gasteiger charge is 2.20. The summed E-state index contributed by atoms with van der Waals surface area (Å²) in [6.07, 6.45) is 1.38. The summed E-state index contributed by atoms with van der Waals surface area (Å²) < 4.78 is 10.7. The molecule has 5 nitrogen and oxygen atoms in total. The van der Waals surface area contributed by atoms with Crippen molar-refractivity contribution >= 4 is 5.78 Å². The molecular weight excluding hydrogens is 356 g/mol. The average molecular weight is 386 g/mol. The van der Waals surface area contributed by atoms with Gasteiger partial charge in [-0.1, -0.05) is 38.1 Å². The molecule has 5 heteroatoms. The first-order chi connectivity index (χ1) is 13.5. The molecule has 0 saturated carbocycles. The number of rotatable bonds is 12. The van der Waals surface area contributed by atoms with Crippen LogP contribution in [0.15, 0.2) is 48.5 Å². The molecule has 0 spiro atoms. The number of carbonyl (C=O) groups excluding carboxylic acids is 1. The van der Waals surface area contributed by atoms with Crippen LogP contribution in [0.25, 0.3) is 0 Å². The van der Waals surface area contributed by atoms with Crippen LogP contribution in [-0.4, -0.2) is 42.4 Å². The van der Waals surface area contributed by atoms with E-state index in [2.05, 4.69) is 0 Å².